The van der Waals surface area contributed by atoms with Crippen molar-refractivity contribution in [2.45, 2.75) is 6.92 Å². The zero-order valence-electron chi connectivity index (χ0n) is 10.8. The molecule has 1 aromatic carbocycles. The molecule has 8 heteroatoms. The molecule has 0 bridgehead atoms. The van der Waals surface area contributed by atoms with Crippen LogP contribution in [0.3, 0.4) is 0 Å². The maximum absolute atomic E-state index is 13.2. The molecule has 0 aliphatic heterocycles. The monoisotopic (exact) mass is 291 g/mol. The normalized spacial score (nSPS) is 10.2. The van der Waals surface area contributed by atoms with Gasteiger partial charge in [0.15, 0.2) is 5.69 Å². The fraction of sp³-hybridized carbons (Fsp3) is 0.0769. The van der Waals surface area contributed by atoms with Crippen molar-refractivity contribution in [3.8, 4) is 0 Å². The first-order chi connectivity index (χ1) is 9.88. The summed E-state index contributed by atoms with van der Waals surface area (Å²) in [6, 6.07) is 6.11. The molecule has 0 aliphatic carbocycles. The Morgan fingerprint density at radius 1 is 1.38 bits per heavy atom. The second-order valence-electron chi connectivity index (χ2n) is 4.22. The van der Waals surface area contributed by atoms with Gasteiger partial charge in [-0.15, -0.1) is 0 Å². The number of carboxylic acid groups (broad SMARTS) is 1. The number of nitrogens with one attached hydrogen (secondary N) is 1. The van der Waals surface area contributed by atoms with Crippen LogP contribution in [0.15, 0.2) is 30.3 Å². The average Bonchev–Trinajstić information content (AvgIpc) is 2.42. The van der Waals surface area contributed by atoms with Gasteiger partial charge in [0.2, 0.25) is 5.82 Å². The van der Waals surface area contributed by atoms with Crippen molar-refractivity contribution in [3.63, 3.8) is 0 Å². The number of aromatic carboxylic acids is 1. The molecule has 0 unspecified atom stereocenters. The van der Waals surface area contributed by atoms with Gasteiger partial charge in [-0.1, -0.05) is 0 Å². The fourth-order valence-corrected chi connectivity index (χ4v) is 1.67. The van der Waals surface area contributed by atoms with E-state index in [2.05, 4.69) is 10.3 Å². The van der Waals surface area contributed by atoms with Crippen molar-refractivity contribution in [2.75, 3.05) is 5.32 Å². The van der Waals surface area contributed by atoms with Gasteiger partial charge < -0.3 is 10.4 Å². The van der Waals surface area contributed by atoms with Crippen molar-refractivity contribution in [3.05, 3.63) is 57.5 Å². The number of halogens is 1. The summed E-state index contributed by atoms with van der Waals surface area (Å²) in [6.45, 7) is 1.54. The van der Waals surface area contributed by atoms with Crippen LogP contribution in [-0.2, 0) is 0 Å². The van der Waals surface area contributed by atoms with Crippen LogP contribution in [0.5, 0.6) is 0 Å². The highest BCUT2D eigenvalue weighted by atomic mass is 19.1. The highest BCUT2D eigenvalue weighted by Crippen LogP contribution is 2.26. The number of benzene rings is 1. The number of pyridine rings is 1. The molecule has 21 heavy (non-hydrogen) atoms. The Labute approximate surface area is 118 Å². The molecule has 1 heterocycles. The number of anilines is 2. The van der Waals surface area contributed by atoms with Crippen molar-refractivity contribution >= 4 is 23.2 Å². The zero-order chi connectivity index (χ0) is 15.6. The Morgan fingerprint density at radius 2 is 2.10 bits per heavy atom. The molecule has 0 saturated carbocycles. The maximum atomic E-state index is 13.2. The molecule has 2 rings (SSSR count). The van der Waals surface area contributed by atoms with Crippen LogP contribution in [0.2, 0.25) is 0 Å². The van der Waals surface area contributed by atoms with Crippen LogP contribution in [-0.4, -0.2) is 21.0 Å². The number of hydrogen-bond acceptors (Lipinski definition) is 5. The lowest BCUT2D eigenvalue weighted by Crippen LogP contribution is -2.06. The minimum atomic E-state index is -1.30. The SMILES string of the molecule is Cc1cc(Nc2nc(C(=O)O)ccc2[N+](=O)[O-])ccc1F. The summed E-state index contributed by atoms with van der Waals surface area (Å²) in [7, 11) is 0. The Bertz CT molecular complexity index is 733. The van der Waals surface area contributed by atoms with Crippen LogP contribution >= 0.6 is 0 Å². The van der Waals surface area contributed by atoms with Crippen molar-refractivity contribution in [1.82, 2.24) is 4.98 Å². The largest absolute Gasteiger partial charge is 0.477 e. The van der Waals surface area contributed by atoms with E-state index in [-0.39, 0.29) is 17.2 Å². The maximum Gasteiger partial charge on any atom is 0.354 e. The van der Waals surface area contributed by atoms with Crippen molar-refractivity contribution in [1.29, 1.82) is 0 Å². The molecule has 0 fully saturated rings. The molecule has 0 atom stereocenters. The van der Waals surface area contributed by atoms with E-state index in [1.807, 2.05) is 0 Å². The van der Waals surface area contributed by atoms with Crippen LogP contribution in [0, 0.1) is 22.9 Å². The molecule has 2 N–H and O–H groups in total. The number of carbonyl (C=O) groups is 1. The molecule has 0 radical (unpaired) electrons. The molecule has 1 aromatic heterocycles. The molecule has 0 amide bonds. The van der Waals surface area contributed by atoms with Gasteiger partial charge in [-0.2, -0.15) is 0 Å². The summed E-state index contributed by atoms with van der Waals surface area (Å²) in [4.78, 5) is 24.8. The summed E-state index contributed by atoms with van der Waals surface area (Å²) in [5, 5.41) is 22.4. The average molecular weight is 291 g/mol. The lowest BCUT2D eigenvalue weighted by Gasteiger charge is -2.08. The number of aryl methyl sites for hydroxylation is 1. The number of rotatable bonds is 4. The van der Waals surface area contributed by atoms with E-state index in [0.717, 1.165) is 12.1 Å². The number of nitrogens with zero attached hydrogens (tertiary/aromatic N) is 2. The van der Waals surface area contributed by atoms with Gasteiger partial charge >= 0.3 is 11.7 Å². The molecule has 0 saturated heterocycles. The van der Waals surface area contributed by atoms with E-state index in [1.165, 1.54) is 25.1 Å². The van der Waals surface area contributed by atoms with Crippen molar-refractivity contribution in [2.24, 2.45) is 0 Å². The van der Waals surface area contributed by atoms with Gasteiger partial charge in [0.05, 0.1) is 4.92 Å². The van der Waals surface area contributed by atoms with Crippen LogP contribution in [0.1, 0.15) is 16.1 Å². The van der Waals surface area contributed by atoms with Gasteiger partial charge in [-0.05, 0) is 36.8 Å². The van der Waals surface area contributed by atoms with E-state index >= 15 is 0 Å². The van der Waals surface area contributed by atoms with Crippen molar-refractivity contribution < 1.29 is 19.2 Å². The highest BCUT2D eigenvalue weighted by Gasteiger charge is 2.18. The molecular weight excluding hydrogens is 281 g/mol. The topological polar surface area (TPSA) is 105 Å². The van der Waals surface area contributed by atoms with E-state index in [0.29, 0.717) is 11.3 Å². The van der Waals surface area contributed by atoms with Crippen LogP contribution < -0.4 is 5.32 Å². The predicted octanol–water partition coefficient (Wildman–Crippen LogP) is 2.88. The summed E-state index contributed by atoms with van der Waals surface area (Å²) in [5.41, 5.74) is 0.00740. The Morgan fingerprint density at radius 3 is 2.67 bits per heavy atom. The quantitative estimate of drug-likeness (QED) is 0.662. The van der Waals surface area contributed by atoms with Gasteiger partial charge in [-0.25, -0.2) is 14.2 Å². The number of hydrogen-bond donors (Lipinski definition) is 2. The first kappa shape index (κ1) is 14.4. The fourth-order valence-electron chi connectivity index (χ4n) is 1.67. The van der Waals surface area contributed by atoms with Crippen LogP contribution in [0.4, 0.5) is 21.6 Å². The molecule has 0 aliphatic rings. The molecule has 2 aromatic rings. The standard InChI is InChI=1S/C13H10FN3O4/c1-7-6-8(2-3-9(7)14)15-12-11(17(20)21)5-4-10(16-12)13(18)19/h2-6H,1H3,(H,15,16)(H,18,19). The minimum absolute atomic E-state index is 0.217. The molecular formula is C13H10FN3O4. The number of nitro groups is 1. The van der Waals surface area contributed by atoms with Gasteiger partial charge in [0.25, 0.3) is 0 Å². The Hall–Kier alpha value is -3.03. The lowest BCUT2D eigenvalue weighted by atomic mass is 10.2. The zero-order valence-corrected chi connectivity index (χ0v) is 10.8. The van der Waals surface area contributed by atoms with Gasteiger partial charge in [0.1, 0.15) is 5.82 Å². The number of aromatic nitrogens is 1. The lowest BCUT2D eigenvalue weighted by molar-refractivity contribution is -0.384. The van der Waals surface area contributed by atoms with E-state index in [9.17, 15) is 19.3 Å². The van der Waals surface area contributed by atoms with Gasteiger partial charge in [0, 0.05) is 11.8 Å². The minimum Gasteiger partial charge on any atom is -0.477 e. The third-order valence-corrected chi connectivity index (χ3v) is 2.71. The second kappa shape index (κ2) is 5.53. The smallest absolute Gasteiger partial charge is 0.354 e. The third-order valence-electron chi connectivity index (χ3n) is 2.71. The Balaban J connectivity index is 2.45. The third kappa shape index (κ3) is 3.11. The number of carboxylic acids is 1. The van der Waals surface area contributed by atoms with E-state index in [4.69, 9.17) is 5.11 Å². The summed E-state index contributed by atoms with van der Waals surface area (Å²) < 4.78 is 13.2. The first-order valence-electron chi connectivity index (χ1n) is 5.80. The summed E-state index contributed by atoms with van der Waals surface area (Å²) >= 11 is 0. The van der Waals surface area contributed by atoms with E-state index in [1.54, 1.807) is 0 Å². The highest BCUT2D eigenvalue weighted by molar-refractivity contribution is 5.86. The molecule has 0 spiro atoms. The predicted molar refractivity (Wildman–Crippen MR) is 72.3 cm³/mol. The molecule has 7 nitrogen and oxygen atoms in total. The second-order valence-corrected chi connectivity index (χ2v) is 4.22. The van der Waals surface area contributed by atoms with E-state index < -0.39 is 16.7 Å². The Kier molecular flexibility index (Phi) is 3.79. The molecule has 108 valence electrons. The van der Waals surface area contributed by atoms with Crippen LogP contribution in [0.25, 0.3) is 0 Å². The summed E-state index contributed by atoms with van der Waals surface area (Å²) in [5.74, 6) is -1.93. The van der Waals surface area contributed by atoms with Gasteiger partial charge in [-0.3, -0.25) is 10.1 Å². The summed E-state index contributed by atoms with van der Waals surface area (Å²) in [6.07, 6.45) is 0. The first-order valence-corrected chi connectivity index (χ1v) is 5.80.